The summed E-state index contributed by atoms with van der Waals surface area (Å²) in [5.41, 5.74) is 2.16. The molecule has 1 amide bonds. The summed E-state index contributed by atoms with van der Waals surface area (Å²) in [7, 11) is 0. The molecule has 1 saturated heterocycles. The molecule has 2 heterocycles. The molecule has 27 heavy (non-hydrogen) atoms. The minimum absolute atomic E-state index is 0.221. The number of imidazole rings is 1. The molecule has 0 radical (unpaired) electrons. The fraction of sp³-hybridized carbons (Fsp3) is 0.524. The fourth-order valence-corrected chi connectivity index (χ4v) is 4.52. The molecule has 3 rings (SSSR count). The predicted octanol–water partition coefficient (Wildman–Crippen LogP) is 5.21. The van der Waals surface area contributed by atoms with Crippen LogP contribution >= 0.6 is 23.4 Å². The van der Waals surface area contributed by atoms with E-state index in [0.29, 0.717) is 17.6 Å². The molecule has 6 heteroatoms. The number of hydrogen-bond acceptors (Lipinski definition) is 3. The number of carbonyl (C=O) groups is 1. The van der Waals surface area contributed by atoms with Crippen molar-refractivity contribution >= 4 is 29.3 Å². The molecule has 0 aliphatic carbocycles. The molecular weight excluding hydrogens is 378 g/mol. The monoisotopic (exact) mass is 405 g/mol. The number of thioether (sulfide) groups is 1. The van der Waals surface area contributed by atoms with Crippen LogP contribution in [0.15, 0.2) is 35.6 Å². The number of piperidine rings is 1. The van der Waals surface area contributed by atoms with Crippen LogP contribution in [0.1, 0.15) is 33.6 Å². The fourth-order valence-electron chi connectivity index (χ4n) is 3.50. The second kappa shape index (κ2) is 9.16. The van der Waals surface area contributed by atoms with Gasteiger partial charge in [0.1, 0.15) is 0 Å². The van der Waals surface area contributed by atoms with Crippen LogP contribution in [-0.4, -0.2) is 39.2 Å². The summed E-state index contributed by atoms with van der Waals surface area (Å²) < 4.78 is 2.23. The van der Waals surface area contributed by atoms with Gasteiger partial charge in [-0.15, -0.1) is 0 Å². The molecular formula is C21H28ClN3OS. The first-order valence-electron chi connectivity index (χ1n) is 9.66. The highest BCUT2D eigenvalue weighted by Crippen LogP contribution is 2.28. The molecule has 4 nitrogen and oxygen atoms in total. The zero-order valence-corrected chi connectivity index (χ0v) is 17.9. The molecule has 1 aliphatic rings. The van der Waals surface area contributed by atoms with Crippen LogP contribution in [0.4, 0.5) is 0 Å². The van der Waals surface area contributed by atoms with Crippen LogP contribution in [0.3, 0.4) is 0 Å². The molecule has 0 saturated carbocycles. The molecule has 1 atom stereocenters. The van der Waals surface area contributed by atoms with Gasteiger partial charge in [0.15, 0.2) is 5.16 Å². The number of amides is 1. The van der Waals surface area contributed by atoms with Crippen molar-refractivity contribution in [3.8, 4) is 11.3 Å². The normalized spacial score (nSPS) is 17.5. The van der Waals surface area contributed by atoms with Crippen LogP contribution in [0, 0.1) is 11.8 Å². The van der Waals surface area contributed by atoms with E-state index in [1.54, 1.807) is 11.8 Å². The Morgan fingerprint density at radius 1 is 1.33 bits per heavy atom. The number of benzene rings is 1. The van der Waals surface area contributed by atoms with Crippen molar-refractivity contribution in [3.63, 3.8) is 0 Å². The lowest BCUT2D eigenvalue weighted by atomic mass is 10.0. The minimum atomic E-state index is 0.221. The summed E-state index contributed by atoms with van der Waals surface area (Å²) in [5, 5.41) is 1.64. The number of carbonyl (C=O) groups excluding carboxylic acids is 1. The Hall–Kier alpha value is -1.46. The molecule has 0 unspecified atom stereocenters. The van der Waals surface area contributed by atoms with Crippen molar-refractivity contribution in [2.24, 2.45) is 11.8 Å². The summed E-state index contributed by atoms with van der Waals surface area (Å²) >= 11 is 7.57. The lowest BCUT2D eigenvalue weighted by molar-refractivity contribution is -0.130. The van der Waals surface area contributed by atoms with Gasteiger partial charge < -0.3 is 9.47 Å². The number of rotatable bonds is 6. The van der Waals surface area contributed by atoms with Crippen LogP contribution in [-0.2, 0) is 11.3 Å². The lowest BCUT2D eigenvalue weighted by Gasteiger charge is -2.30. The van der Waals surface area contributed by atoms with E-state index in [4.69, 9.17) is 11.6 Å². The summed E-state index contributed by atoms with van der Waals surface area (Å²) in [5.74, 6) is 1.76. The first-order valence-corrected chi connectivity index (χ1v) is 11.0. The number of nitrogens with zero attached hydrogens (tertiary/aromatic N) is 3. The third-order valence-electron chi connectivity index (χ3n) is 4.84. The molecule has 0 bridgehead atoms. The first kappa shape index (κ1) is 20.3. The largest absolute Gasteiger partial charge is 0.342 e. The van der Waals surface area contributed by atoms with Gasteiger partial charge in [0, 0.05) is 24.7 Å². The van der Waals surface area contributed by atoms with Crippen LogP contribution in [0.2, 0.25) is 5.02 Å². The van der Waals surface area contributed by atoms with Crippen molar-refractivity contribution in [1.29, 1.82) is 0 Å². The van der Waals surface area contributed by atoms with E-state index in [1.807, 2.05) is 35.4 Å². The highest BCUT2D eigenvalue weighted by Gasteiger charge is 2.22. The molecule has 1 aromatic carbocycles. The Kier molecular flexibility index (Phi) is 6.88. The topological polar surface area (TPSA) is 38.1 Å². The number of halogens is 1. The van der Waals surface area contributed by atoms with E-state index < -0.39 is 0 Å². The van der Waals surface area contributed by atoms with Crippen LogP contribution < -0.4 is 0 Å². The zero-order valence-electron chi connectivity index (χ0n) is 16.3. The zero-order chi connectivity index (χ0) is 19.4. The molecule has 1 aliphatic heterocycles. The highest BCUT2D eigenvalue weighted by atomic mass is 35.5. The maximum absolute atomic E-state index is 12.6. The quantitative estimate of drug-likeness (QED) is 0.619. The Morgan fingerprint density at radius 2 is 2.07 bits per heavy atom. The summed E-state index contributed by atoms with van der Waals surface area (Å²) in [4.78, 5) is 19.3. The number of hydrogen-bond donors (Lipinski definition) is 0. The molecule has 1 fully saturated rings. The predicted molar refractivity (Wildman–Crippen MR) is 113 cm³/mol. The smallest absolute Gasteiger partial charge is 0.233 e. The molecule has 1 aromatic heterocycles. The van der Waals surface area contributed by atoms with E-state index in [-0.39, 0.29) is 5.91 Å². The van der Waals surface area contributed by atoms with Gasteiger partial charge in [-0.2, -0.15) is 0 Å². The van der Waals surface area contributed by atoms with E-state index in [1.165, 1.54) is 6.42 Å². The van der Waals surface area contributed by atoms with Crippen LogP contribution in [0.25, 0.3) is 11.3 Å². The van der Waals surface area contributed by atoms with Gasteiger partial charge in [0.05, 0.1) is 17.6 Å². The second-order valence-electron chi connectivity index (χ2n) is 7.81. The number of likely N-dealkylation sites (tertiary alicyclic amines) is 1. The van der Waals surface area contributed by atoms with Gasteiger partial charge in [-0.3, -0.25) is 4.79 Å². The van der Waals surface area contributed by atoms with Gasteiger partial charge in [0.25, 0.3) is 0 Å². The summed E-state index contributed by atoms with van der Waals surface area (Å²) in [6.45, 7) is 9.26. The van der Waals surface area contributed by atoms with E-state index in [2.05, 4.69) is 30.3 Å². The van der Waals surface area contributed by atoms with Crippen molar-refractivity contribution in [3.05, 3.63) is 35.5 Å². The second-order valence-corrected chi connectivity index (χ2v) is 9.19. The molecule has 2 aromatic rings. The van der Waals surface area contributed by atoms with Gasteiger partial charge >= 0.3 is 0 Å². The van der Waals surface area contributed by atoms with Crippen molar-refractivity contribution in [1.82, 2.24) is 14.5 Å². The maximum Gasteiger partial charge on any atom is 0.233 e. The Balaban J connectivity index is 1.74. The van der Waals surface area contributed by atoms with Crippen molar-refractivity contribution in [2.75, 3.05) is 18.8 Å². The number of aromatic nitrogens is 2. The molecule has 146 valence electrons. The van der Waals surface area contributed by atoms with Gasteiger partial charge in [-0.25, -0.2) is 4.98 Å². The van der Waals surface area contributed by atoms with Gasteiger partial charge in [0.2, 0.25) is 5.91 Å². The average Bonchev–Trinajstić information content (AvgIpc) is 3.02. The third kappa shape index (κ3) is 5.29. The van der Waals surface area contributed by atoms with Gasteiger partial charge in [-0.1, -0.05) is 56.3 Å². The third-order valence-corrected chi connectivity index (χ3v) is 6.07. The minimum Gasteiger partial charge on any atom is -0.342 e. The SMILES string of the molecule is CC(C)Cn1c(-c2ccc(Cl)cc2)cnc1SCC(=O)N1CCC[C@H](C)C1. The highest BCUT2D eigenvalue weighted by molar-refractivity contribution is 7.99. The van der Waals surface area contributed by atoms with Crippen LogP contribution in [0.5, 0.6) is 0 Å². The summed E-state index contributed by atoms with van der Waals surface area (Å²) in [6.07, 6.45) is 4.24. The molecule has 0 spiro atoms. The van der Waals surface area contributed by atoms with E-state index in [9.17, 15) is 4.79 Å². The summed E-state index contributed by atoms with van der Waals surface area (Å²) in [6, 6.07) is 7.84. The molecule has 0 N–H and O–H groups in total. The Bertz CT molecular complexity index is 772. The first-order chi connectivity index (χ1) is 12.9. The van der Waals surface area contributed by atoms with Crippen molar-refractivity contribution < 1.29 is 4.79 Å². The Morgan fingerprint density at radius 3 is 2.74 bits per heavy atom. The van der Waals surface area contributed by atoms with Crippen molar-refractivity contribution in [2.45, 2.75) is 45.3 Å². The average molecular weight is 406 g/mol. The van der Waals surface area contributed by atoms with Gasteiger partial charge in [-0.05, 0) is 42.4 Å². The maximum atomic E-state index is 12.6. The lowest BCUT2D eigenvalue weighted by Crippen LogP contribution is -2.40. The van der Waals surface area contributed by atoms with E-state index in [0.717, 1.165) is 47.5 Å². The Labute approximate surface area is 171 Å². The standard InChI is InChI=1S/C21H28ClN3OS/c1-15(2)12-25-19(17-6-8-18(22)9-7-17)11-23-21(25)27-14-20(26)24-10-4-5-16(3)13-24/h6-9,11,15-16H,4-5,10,12-14H2,1-3H3/t16-/m0/s1. The van der Waals surface area contributed by atoms with E-state index >= 15 is 0 Å².